The molecule has 8 rings (SSSR count). The minimum absolute atomic E-state index is 0.0855. The third-order valence-corrected chi connectivity index (χ3v) is 10.6. The quantitative estimate of drug-likeness (QED) is 0.129. The van der Waals surface area contributed by atoms with E-state index < -0.39 is 5.76 Å². The number of anilines is 2. The lowest BCUT2D eigenvalue weighted by Crippen LogP contribution is -2.46. The number of nitrogens with one attached hydrogen (secondary N) is 3. The van der Waals surface area contributed by atoms with E-state index in [9.17, 15) is 9.59 Å². The minimum atomic E-state index is -0.421. The number of carbonyl (C=O) groups is 1. The van der Waals surface area contributed by atoms with E-state index in [0.29, 0.717) is 17.7 Å². The lowest BCUT2D eigenvalue weighted by atomic mass is 10.1. The number of methoxy groups -OCH3 is 1. The number of carbonyl (C=O) groups excluding carboxylic acids is 1. The predicted molar refractivity (Wildman–Crippen MR) is 217 cm³/mol. The molecule has 0 aliphatic carbocycles. The van der Waals surface area contributed by atoms with E-state index in [-0.39, 0.29) is 12.5 Å². The molecule has 0 radical (unpaired) electrons. The lowest BCUT2D eigenvalue weighted by Gasteiger charge is -2.36. The van der Waals surface area contributed by atoms with Crippen LogP contribution < -0.4 is 36.1 Å². The first-order valence-corrected chi connectivity index (χ1v) is 19.5. The van der Waals surface area contributed by atoms with Crippen LogP contribution in [0.2, 0.25) is 0 Å². The Morgan fingerprint density at radius 1 is 0.873 bits per heavy atom. The summed E-state index contributed by atoms with van der Waals surface area (Å²) in [6, 6.07) is 17.7. The Labute approximate surface area is 321 Å². The summed E-state index contributed by atoms with van der Waals surface area (Å²) in [5.74, 6) is 0.990. The highest BCUT2D eigenvalue weighted by molar-refractivity contribution is 5.99. The number of nitrogens with two attached hydrogens (primary N) is 1. The summed E-state index contributed by atoms with van der Waals surface area (Å²) in [6.07, 6.45) is 7.92. The van der Waals surface area contributed by atoms with Crippen molar-refractivity contribution in [1.82, 2.24) is 30.1 Å². The smallest absolute Gasteiger partial charge is 0.417 e. The number of H-pyrrole nitrogens is 2. The molecule has 1 amide bonds. The Morgan fingerprint density at radius 3 is 2.29 bits per heavy atom. The van der Waals surface area contributed by atoms with Gasteiger partial charge in [-0.05, 0) is 93.9 Å². The van der Waals surface area contributed by atoms with Gasteiger partial charge in [-0.1, -0.05) is 12.1 Å². The molecule has 55 heavy (non-hydrogen) atoms. The normalized spacial score (nSPS) is 16.3. The predicted octanol–water partition coefficient (Wildman–Crippen LogP) is 4.05. The molecule has 2 saturated heterocycles. The molecule has 5 heterocycles. The molecule has 0 saturated carbocycles. The molecule has 14 heteroatoms. The van der Waals surface area contributed by atoms with Gasteiger partial charge in [0.05, 0.1) is 41.4 Å². The van der Waals surface area contributed by atoms with Gasteiger partial charge in [-0.15, -0.1) is 0 Å². The van der Waals surface area contributed by atoms with E-state index in [4.69, 9.17) is 19.6 Å². The molecule has 3 aliphatic rings. The Hall–Kier alpha value is -5.31. The van der Waals surface area contributed by atoms with Gasteiger partial charge in [0.25, 0.3) is 5.91 Å². The highest BCUT2D eigenvalue weighted by atomic mass is 16.5. The highest BCUT2D eigenvalue weighted by Gasteiger charge is 2.22. The number of para-hydroxylation sites is 2. The first-order valence-electron chi connectivity index (χ1n) is 19.5. The maximum absolute atomic E-state index is 12.6. The lowest BCUT2D eigenvalue weighted by molar-refractivity contribution is -0.117. The van der Waals surface area contributed by atoms with Crippen molar-refractivity contribution >= 4 is 45.5 Å². The van der Waals surface area contributed by atoms with Gasteiger partial charge in [-0.3, -0.25) is 19.6 Å². The van der Waals surface area contributed by atoms with Crippen molar-refractivity contribution in [3.8, 4) is 11.5 Å². The SMILES string of the molecule is COc1ccc2c(c1)C=C(C(=O)NCCCCN1CCN(c3cccc4[nH]c(=O)oc34)CC1)CO2.NCCCCN1CCN(c2cccc3[nH]cnc23)CC1. The van der Waals surface area contributed by atoms with Gasteiger partial charge in [-0.25, -0.2) is 9.78 Å². The van der Waals surface area contributed by atoms with Crippen LogP contribution in [0.4, 0.5) is 11.4 Å². The molecule has 3 aliphatic heterocycles. The second-order valence-electron chi connectivity index (χ2n) is 14.2. The summed E-state index contributed by atoms with van der Waals surface area (Å²) < 4.78 is 16.3. The number of fused-ring (bicyclic) bond motifs is 3. The molecule has 0 atom stereocenters. The second kappa shape index (κ2) is 18.3. The number of amides is 1. The van der Waals surface area contributed by atoms with E-state index in [1.807, 2.05) is 42.5 Å². The Bertz CT molecular complexity index is 2110. The number of hydrogen-bond donors (Lipinski definition) is 4. The summed E-state index contributed by atoms with van der Waals surface area (Å²) in [6.45, 7) is 12.0. The molecule has 2 aromatic heterocycles. The van der Waals surface area contributed by atoms with Gasteiger partial charge < -0.3 is 39.7 Å². The van der Waals surface area contributed by atoms with Crippen molar-refractivity contribution in [3.05, 3.63) is 82.6 Å². The number of unbranched alkanes of at least 4 members (excludes halogenated alkanes) is 2. The number of oxazole rings is 1. The number of imidazole rings is 1. The zero-order valence-corrected chi connectivity index (χ0v) is 31.7. The van der Waals surface area contributed by atoms with Crippen LogP contribution in [0.3, 0.4) is 0 Å². The molecule has 3 aromatic carbocycles. The fraction of sp³-hybridized carbons (Fsp3) is 0.439. The summed E-state index contributed by atoms with van der Waals surface area (Å²) in [5, 5.41) is 3.01. The summed E-state index contributed by atoms with van der Waals surface area (Å²) in [5.41, 5.74) is 12.8. The molecule has 2 fully saturated rings. The standard InChI is InChI=1S/C26H30N4O5.C15H23N5/c1-33-20-7-8-23-18(16-20)15-19(17-34-23)25(31)27-9-2-3-10-29-11-13-30(14-12-29)22-6-4-5-21-24(22)35-26(32)28-21;16-6-1-2-7-19-8-10-20(11-9-19)14-5-3-4-13-15(14)18-12-17-13/h4-8,15-16H,2-3,9-14,17H2,1H3,(H,27,31)(H,28,32);3-5,12H,1-2,6-11,16H2,(H,17,18). The van der Waals surface area contributed by atoms with E-state index in [0.717, 1.165) is 124 Å². The molecule has 292 valence electrons. The number of ether oxygens (including phenoxy) is 2. The third kappa shape index (κ3) is 9.50. The van der Waals surface area contributed by atoms with Crippen molar-refractivity contribution in [2.24, 2.45) is 5.73 Å². The average molecular weight is 752 g/mol. The number of benzene rings is 3. The maximum atomic E-state index is 12.6. The molecule has 5 aromatic rings. The third-order valence-electron chi connectivity index (χ3n) is 10.6. The fourth-order valence-corrected chi connectivity index (χ4v) is 7.51. The van der Waals surface area contributed by atoms with Gasteiger partial charge in [-0.2, -0.15) is 0 Å². The largest absolute Gasteiger partial charge is 0.497 e. The fourth-order valence-electron chi connectivity index (χ4n) is 7.51. The van der Waals surface area contributed by atoms with Crippen LogP contribution in [0, 0.1) is 0 Å². The van der Waals surface area contributed by atoms with E-state index in [2.05, 4.69) is 58.1 Å². The summed E-state index contributed by atoms with van der Waals surface area (Å²) in [4.78, 5) is 44.2. The summed E-state index contributed by atoms with van der Waals surface area (Å²) >= 11 is 0. The Morgan fingerprint density at radius 2 is 1.56 bits per heavy atom. The monoisotopic (exact) mass is 751 g/mol. The van der Waals surface area contributed by atoms with Crippen molar-refractivity contribution in [1.29, 1.82) is 0 Å². The van der Waals surface area contributed by atoms with E-state index in [1.165, 1.54) is 18.7 Å². The van der Waals surface area contributed by atoms with Crippen molar-refractivity contribution in [2.75, 3.05) is 102 Å². The summed E-state index contributed by atoms with van der Waals surface area (Å²) in [7, 11) is 1.62. The van der Waals surface area contributed by atoms with Crippen molar-refractivity contribution in [2.45, 2.75) is 25.7 Å². The van der Waals surface area contributed by atoms with Gasteiger partial charge in [0.1, 0.15) is 23.6 Å². The molecule has 14 nitrogen and oxygen atoms in total. The maximum Gasteiger partial charge on any atom is 0.417 e. The topological polar surface area (TPSA) is 161 Å². The number of rotatable bonds is 13. The molecular formula is C41H53N9O5. The number of piperazine rings is 2. The molecule has 0 spiro atoms. The molecular weight excluding hydrogens is 699 g/mol. The van der Waals surface area contributed by atoms with Crippen LogP contribution in [-0.4, -0.2) is 123 Å². The number of aromatic amines is 2. The zero-order valence-electron chi connectivity index (χ0n) is 31.7. The van der Waals surface area contributed by atoms with E-state index >= 15 is 0 Å². The number of hydrogen-bond acceptors (Lipinski definition) is 11. The van der Waals surface area contributed by atoms with Gasteiger partial charge >= 0.3 is 5.76 Å². The van der Waals surface area contributed by atoms with E-state index in [1.54, 1.807) is 13.4 Å². The Kier molecular flexibility index (Phi) is 12.7. The van der Waals surface area contributed by atoms with Crippen LogP contribution in [0.5, 0.6) is 11.5 Å². The number of aromatic nitrogens is 3. The van der Waals surface area contributed by atoms with Crippen molar-refractivity contribution in [3.63, 3.8) is 0 Å². The van der Waals surface area contributed by atoms with Crippen LogP contribution in [0.1, 0.15) is 31.2 Å². The Balaban J connectivity index is 0.000000197. The average Bonchev–Trinajstić information content (AvgIpc) is 3.87. The van der Waals surface area contributed by atoms with Crippen LogP contribution in [0.25, 0.3) is 28.2 Å². The van der Waals surface area contributed by atoms with Crippen LogP contribution >= 0.6 is 0 Å². The molecule has 5 N–H and O–H groups in total. The van der Waals surface area contributed by atoms with Gasteiger partial charge in [0, 0.05) is 64.5 Å². The number of nitrogens with zero attached hydrogens (tertiary/aromatic N) is 5. The van der Waals surface area contributed by atoms with Crippen LogP contribution in [-0.2, 0) is 4.79 Å². The first-order chi connectivity index (χ1) is 27.0. The molecule has 0 unspecified atom stereocenters. The minimum Gasteiger partial charge on any atom is -0.497 e. The van der Waals surface area contributed by atoms with Gasteiger partial charge in [0.2, 0.25) is 0 Å². The molecule has 0 bridgehead atoms. The highest BCUT2D eigenvalue weighted by Crippen LogP contribution is 2.30. The van der Waals surface area contributed by atoms with Crippen molar-refractivity contribution < 1.29 is 18.7 Å². The van der Waals surface area contributed by atoms with Gasteiger partial charge in [0.15, 0.2) is 5.58 Å². The van der Waals surface area contributed by atoms with Crippen LogP contribution in [0.15, 0.2) is 75.7 Å². The second-order valence-corrected chi connectivity index (χ2v) is 14.2. The first kappa shape index (κ1) is 38.0. The zero-order chi connectivity index (χ0) is 38.0.